The molecule has 0 saturated heterocycles. The first kappa shape index (κ1) is 15.2. The third kappa shape index (κ3) is 4.40. The highest BCUT2D eigenvalue weighted by atomic mass is 35.5. The van der Waals surface area contributed by atoms with Gasteiger partial charge in [0.1, 0.15) is 11.9 Å². The van der Waals surface area contributed by atoms with Crippen molar-refractivity contribution in [2.75, 3.05) is 5.32 Å². The highest BCUT2D eigenvalue weighted by Gasteiger charge is 2.19. The first-order valence-electron chi connectivity index (χ1n) is 5.70. The molecule has 1 rings (SSSR count). The molecule has 1 aromatic carbocycles. The van der Waals surface area contributed by atoms with Crippen LogP contribution in [0.15, 0.2) is 18.2 Å². The first-order chi connectivity index (χ1) is 8.95. The number of anilines is 1. The number of benzene rings is 1. The number of nitrogens with one attached hydrogen (secondary N) is 2. The number of hydrogen-bond donors (Lipinski definition) is 3. The van der Waals surface area contributed by atoms with Crippen molar-refractivity contribution in [1.82, 2.24) is 5.32 Å². The molecule has 0 heterocycles. The number of aliphatic carboxylic acids is 1. The standard InChI is InChI=1S/C12H14ClFN2O3/c1-2-4-9(11(17)18)15-12(19)16-10-7(13)5-3-6-8(10)14/h3,5-6,9H,2,4H2,1H3,(H,17,18)(H2,15,16,19). The Kier molecular flexibility index (Phi) is 5.57. The Hall–Kier alpha value is -1.82. The minimum atomic E-state index is -1.14. The number of carboxylic acid groups (broad SMARTS) is 1. The summed E-state index contributed by atoms with van der Waals surface area (Å²) in [4.78, 5) is 22.5. The van der Waals surface area contributed by atoms with Crippen LogP contribution in [0.2, 0.25) is 5.02 Å². The van der Waals surface area contributed by atoms with Crippen LogP contribution in [0.25, 0.3) is 0 Å². The van der Waals surface area contributed by atoms with Crippen LogP contribution in [-0.4, -0.2) is 23.1 Å². The zero-order chi connectivity index (χ0) is 14.4. The zero-order valence-corrected chi connectivity index (χ0v) is 11.0. The summed E-state index contributed by atoms with van der Waals surface area (Å²) in [5, 5.41) is 13.4. The number of carbonyl (C=O) groups excluding carboxylic acids is 1. The second-order valence-corrected chi connectivity index (χ2v) is 4.28. The number of carbonyl (C=O) groups is 2. The molecule has 7 heteroatoms. The maximum absolute atomic E-state index is 13.4. The van der Waals surface area contributed by atoms with Crippen LogP contribution < -0.4 is 10.6 Å². The van der Waals surface area contributed by atoms with Gasteiger partial charge in [0, 0.05) is 0 Å². The lowest BCUT2D eigenvalue weighted by Crippen LogP contribution is -2.43. The summed E-state index contributed by atoms with van der Waals surface area (Å²) in [6.07, 6.45) is 0.880. The van der Waals surface area contributed by atoms with Gasteiger partial charge in [-0.25, -0.2) is 14.0 Å². The second-order valence-electron chi connectivity index (χ2n) is 3.87. The maximum Gasteiger partial charge on any atom is 0.326 e. The van der Waals surface area contributed by atoms with Gasteiger partial charge in [-0.15, -0.1) is 0 Å². The van der Waals surface area contributed by atoms with E-state index in [-0.39, 0.29) is 17.1 Å². The lowest BCUT2D eigenvalue weighted by Gasteiger charge is -2.15. The third-order valence-electron chi connectivity index (χ3n) is 2.38. The molecule has 0 aliphatic carbocycles. The van der Waals surface area contributed by atoms with Crippen molar-refractivity contribution in [3.05, 3.63) is 29.0 Å². The lowest BCUT2D eigenvalue weighted by atomic mass is 10.2. The van der Waals surface area contributed by atoms with Crippen LogP contribution in [0.3, 0.4) is 0 Å². The van der Waals surface area contributed by atoms with E-state index in [0.717, 1.165) is 6.07 Å². The average Bonchev–Trinajstić information content (AvgIpc) is 2.33. The van der Waals surface area contributed by atoms with Crippen molar-refractivity contribution < 1.29 is 19.1 Å². The van der Waals surface area contributed by atoms with Gasteiger partial charge in [-0.3, -0.25) is 0 Å². The molecule has 0 fully saturated rings. The molecule has 0 aromatic heterocycles. The topological polar surface area (TPSA) is 78.4 Å². The van der Waals surface area contributed by atoms with Crippen LogP contribution in [0, 0.1) is 5.82 Å². The fourth-order valence-corrected chi connectivity index (χ4v) is 1.68. The van der Waals surface area contributed by atoms with E-state index < -0.39 is 23.9 Å². The van der Waals surface area contributed by atoms with Crippen molar-refractivity contribution in [1.29, 1.82) is 0 Å². The van der Waals surface area contributed by atoms with E-state index in [1.54, 1.807) is 6.92 Å². The smallest absolute Gasteiger partial charge is 0.326 e. The summed E-state index contributed by atoms with van der Waals surface area (Å²) in [5.41, 5.74) is -0.178. The average molecular weight is 289 g/mol. The molecule has 5 nitrogen and oxygen atoms in total. The Labute approximate surface area is 114 Å². The fraction of sp³-hybridized carbons (Fsp3) is 0.333. The number of amides is 2. The van der Waals surface area contributed by atoms with Gasteiger partial charge in [-0.2, -0.15) is 0 Å². The van der Waals surface area contributed by atoms with E-state index in [1.165, 1.54) is 12.1 Å². The van der Waals surface area contributed by atoms with Gasteiger partial charge in [-0.05, 0) is 18.6 Å². The number of hydrogen-bond acceptors (Lipinski definition) is 2. The predicted octanol–water partition coefficient (Wildman–Crippen LogP) is 2.85. The minimum absolute atomic E-state index is 0.0394. The van der Waals surface area contributed by atoms with Crippen LogP contribution in [0.4, 0.5) is 14.9 Å². The van der Waals surface area contributed by atoms with Crippen molar-refractivity contribution >= 4 is 29.3 Å². The summed E-state index contributed by atoms with van der Waals surface area (Å²) in [6.45, 7) is 1.79. The van der Waals surface area contributed by atoms with E-state index in [2.05, 4.69) is 10.6 Å². The Morgan fingerprint density at radius 1 is 1.47 bits per heavy atom. The van der Waals surface area contributed by atoms with Gasteiger partial charge >= 0.3 is 12.0 Å². The molecule has 0 aliphatic heterocycles. The van der Waals surface area contributed by atoms with E-state index in [4.69, 9.17) is 16.7 Å². The van der Waals surface area contributed by atoms with Crippen molar-refractivity contribution in [3.63, 3.8) is 0 Å². The number of urea groups is 1. The molecule has 0 saturated carbocycles. The summed E-state index contributed by atoms with van der Waals surface area (Å²) in [6, 6.07) is 2.13. The molecule has 0 bridgehead atoms. The Morgan fingerprint density at radius 3 is 2.68 bits per heavy atom. The molecule has 2 amide bonds. The number of carboxylic acids is 1. The maximum atomic E-state index is 13.4. The Morgan fingerprint density at radius 2 is 2.16 bits per heavy atom. The number of para-hydroxylation sites is 1. The molecule has 0 radical (unpaired) electrons. The van der Waals surface area contributed by atoms with Crippen LogP contribution in [0.1, 0.15) is 19.8 Å². The monoisotopic (exact) mass is 288 g/mol. The lowest BCUT2D eigenvalue weighted by molar-refractivity contribution is -0.139. The largest absolute Gasteiger partial charge is 0.480 e. The molecular weight excluding hydrogens is 275 g/mol. The van der Waals surface area contributed by atoms with Crippen LogP contribution in [0.5, 0.6) is 0 Å². The van der Waals surface area contributed by atoms with Crippen LogP contribution >= 0.6 is 11.6 Å². The predicted molar refractivity (Wildman–Crippen MR) is 69.9 cm³/mol. The number of rotatable bonds is 5. The van der Waals surface area contributed by atoms with E-state index in [0.29, 0.717) is 6.42 Å². The van der Waals surface area contributed by atoms with Gasteiger partial charge in [0.15, 0.2) is 0 Å². The van der Waals surface area contributed by atoms with Gasteiger partial charge in [0.2, 0.25) is 0 Å². The quantitative estimate of drug-likeness (QED) is 0.779. The zero-order valence-electron chi connectivity index (χ0n) is 10.2. The fourth-order valence-electron chi connectivity index (χ4n) is 1.47. The van der Waals surface area contributed by atoms with E-state index in [9.17, 15) is 14.0 Å². The first-order valence-corrected chi connectivity index (χ1v) is 6.07. The van der Waals surface area contributed by atoms with Gasteiger partial charge in [0.25, 0.3) is 0 Å². The van der Waals surface area contributed by atoms with Crippen molar-refractivity contribution in [2.45, 2.75) is 25.8 Å². The summed E-state index contributed by atoms with van der Waals surface area (Å²) in [5.74, 6) is -1.83. The van der Waals surface area contributed by atoms with Gasteiger partial charge < -0.3 is 15.7 Å². The molecular formula is C12H14ClFN2O3. The summed E-state index contributed by atoms with van der Waals surface area (Å²) < 4.78 is 13.4. The molecule has 0 spiro atoms. The Bertz CT molecular complexity index is 462. The highest BCUT2D eigenvalue weighted by Crippen LogP contribution is 2.24. The van der Waals surface area contributed by atoms with E-state index in [1.807, 2.05) is 0 Å². The van der Waals surface area contributed by atoms with Crippen molar-refractivity contribution in [3.8, 4) is 0 Å². The normalized spacial score (nSPS) is 11.7. The van der Waals surface area contributed by atoms with Crippen molar-refractivity contribution in [2.24, 2.45) is 0 Å². The molecule has 1 unspecified atom stereocenters. The Balaban J connectivity index is 2.72. The van der Waals surface area contributed by atoms with Gasteiger partial charge in [-0.1, -0.05) is 31.0 Å². The summed E-state index contributed by atoms with van der Waals surface area (Å²) >= 11 is 5.74. The van der Waals surface area contributed by atoms with Gasteiger partial charge in [0.05, 0.1) is 10.7 Å². The minimum Gasteiger partial charge on any atom is -0.480 e. The molecule has 3 N–H and O–H groups in total. The molecule has 0 aliphatic rings. The molecule has 1 aromatic rings. The highest BCUT2D eigenvalue weighted by molar-refractivity contribution is 6.33. The SMILES string of the molecule is CCCC(NC(=O)Nc1c(F)cccc1Cl)C(=O)O. The molecule has 104 valence electrons. The third-order valence-corrected chi connectivity index (χ3v) is 2.70. The molecule has 1 atom stereocenters. The molecule has 19 heavy (non-hydrogen) atoms. The van der Waals surface area contributed by atoms with E-state index >= 15 is 0 Å². The number of halogens is 2. The van der Waals surface area contributed by atoms with Crippen LogP contribution in [-0.2, 0) is 4.79 Å². The summed E-state index contributed by atoms with van der Waals surface area (Å²) in [7, 11) is 0. The second kappa shape index (κ2) is 6.94.